The molecule has 6 nitrogen and oxygen atoms in total. The number of anilines is 1. The Hall–Kier alpha value is -1.82. The summed E-state index contributed by atoms with van der Waals surface area (Å²) in [5.41, 5.74) is 2.47. The van der Waals surface area contributed by atoms with Crippen LogP contribution in [0.3, 0.4) is 0 Å². The van der Waals surface area contributed by atoms with Crippen molar-refractivity contribution in [2.24, 2.45) is 0 Å². The third kappa shape index (κ3) is 2.89. The molecule has 96 valence electrons. The molecule has 18 heavy (non-hydrogen) atoms. The molecule has 3 N–H and O–H groups in total. The molecule has 0 spiro atoms. The predicted molar refractivity (Wildman–Crippen MR) is 70.0 cm³/mol. The Balaban J connectivity index is 1.84. The van der Waals surface area contributed by atoms with Gasteiger partial charge in [0.05, 0.1) is 18.1 Å². The van der Waals surface area contributed by atoms with Gasteiger partial charge in [0.2, 0.25) is 0 Å². The number of halogens is 1. The Labute approximate surface area is 109 Å². The lowest BCUT2D eigenvalue weighted by Crippen LogP contribution is -2.12. The molecule has 0 radical (unpaired) electrons. The molecule has 0 unspecified atom stereocenters. The van der Waals surface area contributed by atoms with Gasteiger partial charge in [-0.1, -0.05) is 11.6 Å². The average Bonchev–Trinajstić information content (AvgIpc) is 2.76. The van der Waals surface area contributed by atoms with Crippen LogP contribution in [0.2, 0.25) is 5.02 Å². The largest absolute Gasteiger partial charge is 0.382 e. The van der Waals surface area contributed by atoms with Crippen molar-refractivity contribution < 1.29 is 0 Å². The summed E-state index contributed by atoms with van der Waals surface area (Å²) < 4.78 is 0. The summed E-state index contributed by atoms with van der Waals surface area (Å²) in [4.78, 5) is 11.2. The summed E-state index contributed by atoms with van der Waals surface area (Å²) >= 11 is 5.84. The Bertz CT molecular complexity index is 577. The molecule has 0 aromatic carbocycles. The van der Waals surface area contributed by atoms with E-state index in [0.29, 0.717) is 5.69 Å². The second-order valence-corrected chi connectivity index (χ2v) is 4.36. The van der Waals surface area contributed by atoms with Crippen LogP contribution in [0.4, 0.5) is 5.69 Å². The van der Waals surface area contributed by atoms with Gasteiger partial charge in [0.25, 0.3) is 5.56 Å². The van der Waals surface area contributed by atoms with Crippen LogP contribution < -0.4 is 10.9 Å². The van der Waals surface area contributed by atoms with Crippen molar-refractivity contribution in [2.45, 2.75) is 19.8 Å². The number of aryl methyl sites for hydroxylation is 2. The van der Waals surface area contributed by atoms with Gasteiger partial charge in [0.1, 0.15) is 5.02 Å². The summed E-state index contributed by atoms with van der Waals surface area (Å²) in [5.74, 6) is 0. The highest BCUT2D eigenvalue weighted by Gasteiger charge is 2.04. The lowest BCUT2D eigenvalue weighted by molar-refractivity contribution is 0.854. The van der Waals surface area contributed by atoms with Crippen LogP contribution in [-0.2, 0) is 6.42 Å². The van der Waals surface area contributed by atoms with Crippen molar-refractivity contribution in [3.05, 3.63) is 39.0 Å². The maximum absolute atomic E-state index is 11.2. The third-order valence-corrected chi connectivity index (χ3v) is 3.04. The normalized spacial score (nSPS) is 10.6. The van der Waals surface area contributed by atoms with Gasteiger partial charge < -0.3 is 5.32 Å². The first-order chi connectivity index (χ1) is 8.68. The first-order valence-corrected chi connectivity index (χ1v) is 6.02. The zero-order valence-electron chi connectivity index (χ0n) is 9.96. The van der Waals surface area contributed by atoms with E-state index in [1.165, 1.54) is 11.8 Å². The molecule has 0 fully saturated rings. The van der Waals surface area contributed by atoms with E-state index in [1.54, 1.807) is 0 Å². The predicted octanol–water partition coefficient (Wildman–Crippen LogP) is 1.50. The topological polar surface area (TPSA) is 86.5 Å². The van der Waals surface area contributed by atoms with E-state index in [-0.39, 0.29) is 10.6 Å². The highest BCUT2D eigenvalue weighted by atomic mass is 35.5. The molecular weight excluding hydrogens is 254 g/mol. The molecule has 2 rings (SSSR count). The molecule has 2 aromatic heterocycles. The van der Waals surface area contributed by atoms with Gasteiger partial charge in [-0.05, 0) is 25.3 Å². The lowest BCUT2D eigenvalue weighted by atomic mass is 10.1. The van der Waals surface area contributed by atoms with Gasteiger partial charge in [-0.15, -0.1) is 0 Å². The van der Waals surface area contributed by atoms with Crippen LogP contribution in [0.15, 0.2) is 17.2 Å². The van der Waals surface area contributed by atoms with Crippen LogP contribution in [0.5, 0.6) is 0 Å². The molecule has 0 saturated carbocycles. The third-order valence-electron chi connectivity index (χ3n) is 2.67. The van der Waals surface area contributed by atoms with Crippen molar-refractivity contribution >= 4 is 17.3 Å². The van der Waals surface area contributed by atoms with Crippen molar-refractivity contribution in [1.82, 2.24) is 20.4 Å². The lowest BCUT2D eigenvalue weighted by Gasteiger charge is -2.06. The number of aromatic nitrogens is 4. The molecule has 0 aliphatic rings. The minimum atomic E-state index is -0.382. The van der Waals surface area contributed by atoms with Gasteiger partial charge in [-0.2, -0.15) is 10.2 Å². The van der Waals surface area contributed by atoms with Gasteiger partial charge in [0, 0.05) is 12.2 Å². The van der Waals surface area contributed by atoms with Gasteiger partial charge in [-0.3, -0.25) is 9.89 Å². The number of nitrogens with zero attached hydrogens (tertiary/aromatic N) is 2. The summed E-state index contributed by atoms with van der Waals surface area (Å²) in [7, 11) is 0. The first-order valence-electron chi connectivity index (χ1n) is 5.64. The standard InChI is InChI=1S/C11H14ClN5O/c1-7-8(5-14-16-7)3-2-4-13-9-6-15-17-11(18)10(9)12/h5-6H,2-4H2,1H3,(H,14,16)(H2,13,17,18). The van der Waals surface area contributed by atoms with E-state index < -0.39 is 0 Å². The summed E-state index contributed by atoms with van der Waals surface area (Å²) in [5, 5.41) is 16.1. The number of aromatic amines is 2. The Morgan fingerprint density at radius 2 is 2.11 bits per heavy atom. The fraction of sp³-hybridized carbons (Fsp3) is 0.364. The van der Waals surface area contributed by atoms with Crippen molar-refractivity contribution in [2.75, 3.05) is 11.9 Å². The maximum atomic E-state index is 11.2. The molecular formula is C11H14ClN5O. The highest BCUT2D eigenvalue weighted by Crippen LogP contribution is 2.14. The highest BCUT2D eigenvalue weighted by molar-refractivity contribution is 6.32. The Kier molecular flexibility index (Phi) is 3.99. The van der Waals surface area contributed by atoms with Gasteiger partial charge in [0.15, 0.2) is 0 Å². The number of H-pyrrole nitrogens is 2. The fourth-order valence-electron chi connectivity index (χ4n) is 1.64. The molecule has 2 heterocycles. The van der Waals surface area contributed by atoms with E-state index >= 15 is 0 Å². The van der Waals surface area contributed by atoms with Crippen molar-refractivity contribution in [3.63, 3.8) is 0 Å². The minimum absolute atomic E-state index is 0.143. The van der Waals surface area contributed by atoms with E-state index in [2.05, 4.69) is 25.7 Å². The zero-order chi connectivity index (χ0) is 13.0. The molecule has 7 heteroatoms. The SMILES string of the molecule is Cc1[nH]ncc1CCCNc1cn[nH]c(=O)c1Cl. The summed E-state index contributed by atoms with van der Waals surface area (Å²) in [6.45, 7) is 2.71. The quantitative estimate of drug-likeness (QED) is 0.717. The van der Waals surface area contributed by atoms with E-state index in [1.807, 2.05) is 13.1 Å². The second-order valence-electron chi connectivity index (χ2n) is 3.98. The van der Waals surface area contributed by atoms with Crippen LogP contribution in [0, 0.1) is 6.92 Å². The van der Waals surface area contributed by atoms with Gasteiger partial charge >= 0.3 is 0 Å². The number of nitrogens with one attached hydrogen (secondary N) is 3. The van der Waals surface area contributed by atoms with Gasteiger partial charge in [-0.25, -0.2) is 5.10 Å². The molecule has 0 aliphatic carbocycles. The molecule has 0 amide bonds. The van der Waals surface area contributed by atoms with E-state index in [9.17, 15) is 4.79 Å². The fourth-order valence-corrected chi connectivity index (χ4v) is 1.79. The Morgan fingerprint density at radius 1 is 1.33 bits per heavy atom. The number of hydrogen-bond acceptors (Lipinski definition) is 4. The number of hydrogen-bond donors (Lipinski definition) is 3. The van der Waals surface area contributed by atoms with Crippen molar-refractivity contribution in [1.29, 1.82) is 0 Å². The smallest absolute Gasteiger partial charge is 0.285 e. The molecule has 0 saturated heterocycles. The summed E-state index contributed by atoms with van der Waals surface area (Å²) in [6, 6.07) is 0. The van der Waals surface area contributed by atoms with Crippen LogP contribution in [0.1, 0.15) is 17.7 Å². The second kappa shape index (κ2) is 5.68. The zero-order valence-corrected chi connectivity index (χ0v) is 10.7. The van der Waals surface area contributed by atoms with Crippen LogP contribution in [0.25, 0.3) is 0 Å². The average molecular weight is 268 g/mol. The molecule has 0 aliphatic heterocycles. The molecule has 2 aromatic rings. The summed E-state index contributed by atoms with van der Waals surface area (Å²) in [6.07, 6.45) is 5.18. The number of rotatable bonds is 5. The minimum Gasteiger partial charge on any atom is -0.382 e. The van der Waals surface area contributed by atoms with Crippen LogP contribution in [-0.4, -0.2) is 26.9 Å². The maximum Gasteiger partial charge on any atom is 0.285 e. The van der Waals surface area contributed by atoms with E-state index in [4.69, 9.17) is 11.6 Å². The van der Waals surface area contributed by atoms with E-state index in [0.717, 1.165) is 25.1 Å². The molecule has 0 bridgehead atoms. The monoisotopic (exact) mass is 267 g/mol. The van der Waals surface area contributed by atoms with Crippen molar-refractivity contribution in [3.8, 4) is 0 Å². The van der Waals surface area contributed by atoms with Crippen LogP contribution >= 0.6 is 11.6 Å². The Morgan fingerprint density at radius 3 is 2.83 bits per heavy atom. The molecule has 0 atom stereocenters. The first kappa shape index (κ1) is 12.6.